The molecule has 1 aliphatic heterocycles. The van der Waals surface area contributed by atoms with Gasteiger partial charge in [-0.05, 0) is 0 Å². The van der Waals surface area contributed by atoms with Gasteiger partial charge in [-0.15, -0.1) is 11.6 Å². The topological polar surface area (TPSA) is 31.2 Å². The Labute approximate surface area is 46.8 Å². The molecule has 0 aliphatic carbocycles. The minimum Gasteiger partial charge on any atom is -0.273 e. The number of alkyl halides is 1. The van der Waals surface area contributed by atoms with Crippen LogP contribution in [0.5, 0.6) is 0 Å². The summed E-state index contributed by atoms with van der Waals surface area (Å²) in [5.41, 5.74) is 0. The van der Waals surface area contributed by atoms with Crippen molar-refractivity contribution in [3.63, 3.8) is 0 Å². The highest BCUT2D eigenvalue weighted by Crippen LogP contribution is 2.06. The molecule has 2 nitrogen and oxygen atoms in total. The molecule has 1 amide bonds. The van der Waals surface area contributed by atoms with Gasteiger partial charge in [-0.3, -0.25) is 4.79 Å². The van der Waals surface area contributed by atoms with Gasteiger partial charge in [-0.25, -0.2) is 5.32 Å². The van der Waals surface area contributed by atoms with Gasteiger partial charge >= 0.3 is 0 Å². The number of carbonyl (C=O) groups is 1. The predicted octanol–water partition coefficient (Wildman–Crippen LogP) is 0.128. The molecule has 0 bridgehead atoms. The van der Waals surface area contributed by atoms with E-state index in [9.17, 15) is 4.79 Å². The fourth-order valence-corrected chi connectivity index (χ4v) is 0.720. The fraction of sp³-hybridized carbons (Fsp3) is 0.750. The van der Waals surface area contributed by atoms with Crippen LogP contribution in [0.25, 0.3) is 0 Å². The monoisotopic (exact) mass is 118 g/mol. The molecule has 1 radical (unpaired) electrons. The third kappa shape index (κ3) is 1.06. The van der Waals surface area contributed by atoms with Crippen molar-refractivity contribution in [3.8, 4) is 0 Å². The summed E-state index contributed by atoms with van der Waals surface area (Å²) in [6.45, 7) is 0.514. The number of carbonyl (C=O) groups excluding carboxylic acids is 1. The Bertz CT molecular complexity index is 93.7. The number of amides is 1. The zero-order chi connectivity index (χ0) is 5.28. The second-order valence-electron chi connectivity index (χ2n) is 1.54. The average Bonchev–Trinajstić information content (AvgIpc) is 1.87. The van der Waals surface area contributed by atoms with Crippen LogP contribution in [-0.2, 0) is 4.79 Å². The number of nitrogens with zero attached hydrogens (tertiary/aromatic N) is 1. The van der Waals surface area contributed by atoms with Gasteiger partial charge in [0.2, 0.25) is 5.91 Å². The summed E-state index contributed by atoms with van der Waals surface area (Å²) < 4.78 is 0. The van der Waals surface area contributed by atoms with Crippen LogP contribution < -0.4 is 5.32 Å². The van der Waals surface area contributed by atoms with Crippen LogP contribution in [0, 0.1) is 0 Å². The molecule has 1 heterocycles. The number of rotatable bonds is 0. The van der Waals surface area contributed by atoms with Crippen molar-refractivity contribution < 1.29 is 4.79 Å². The molecule has 0 N–H and O–H groups in total. The average molecular weight is 119 g/mol. The Morgan fingerprint density at radius 2 is 2.57 bits per heavy atom. The molecule has 1 aliphatic rings. The van der Waals surface area contributed by atoms with Gasteiger partial charge in [0.05, 0.1) is 11.9 Å². The minimum atomic E-state index is -0.0556. The van der Waals surface area contributed by atoms with Crippen LogP contribution in [0.1, 0.15) is 6.42 Å². The molecule has 0 spiro atoms. The van der Waals surface area contributed by atoms with Crippen LogP contribution in [0.2, 0.25) is 0 Å². The number of hydrogen-bond acceptors (Lipinski definition) is 1. The smallest absolute Gasteiger partial charge is 0.242 e. The number of halogens is 1. The van der Waals surface area contributed by atoms with Gasteiger partial charge in [-0.2, -0.15) is 0 Å². The Morgan fingerprint density at radius 1 is 1.86 bits per heavy atom. The van der Waals surface area contributed by atoms with E-state index >= 15 is 0 Å². The third-order valence-electron chi connectivity index (χ3n) is 0.862. The van der Waals surface area contributed by atoms with E-state index in [1.165, 1.54) is 0 Å². The lowest BCUT2D eigenvalue weighted by Gasteiger charge is -1.84. The summed E-state index contributed by atoms with van der Waals surface area (Å²) in [6.07, 6.45) is 0.432. The van der Waals surface area contributed by atoms with Crippen LogP contribution >= 0.6 is 11.6 Å². The molecule has 3 heteroatoms. The van der Waals surface area contributed by atoms with Crippen LogP contribution in [-0.4, -0.2) is 17.8 Å². The molecule has 1 saturated heterocycles. The Kier molecular flexibility index (Phi) is 1.19. The predicted molar refractivity (Wildman–Crippen MR) is 26.3 cm³/mol. The summed E-state index contributed by atoms with van der Waals surface area (Å²) >= 11 is 5.49. The molecule has 0 aromatic rings. The molecule has 0 saturated carbocycles. The molecule has 1 unspecified atom stereocenters. The maximum Gasteiger partial charge on any atom is 0.242 e. The highest BCUT2D eigenvalue weighted by molar-refractivity contribution is 6.22. The summed E-state index contributed by atoms with van der Waals surface area (Å²) in [5.74, 6) is -0.0556. The molecule has 0 aromatic carbocycles. The summed E-state index contributed by atoms with van der Waals surface area (Å²) in [7, 11) is 0. The van der Waals surface area contributed by atoms with Gasteiger partial charge in [0.25, 0.3) is 0 Å². The van der Waals surface area contributed by atoms with Gasteiger partial charge in [0.15, 0.2) is 0 Å². The van der Waals surface area contributed by atoms with Crippen molar-refractivity contribution in [1.29, 1.82) is 0 Å². The van der Waals surface area contributed by atoms with E-state index in [1.807, 2.05) is 0 Å². The molecule has 1 fully saturated rings. The normalized spacial score (nSPS) is 30.4. The highest BCUT2D eigenvalue weighted by Gasteiger charge is 2.19. The van der Waals surface area contributed by atoms with Crippen molar-refractivity contribution >= 4 is 17.5 Å². The van der Waals surface area contributed by atoms with E-state index in [4.69, 9.17) is 11.6 Å². The zero-order valence-electron chi connectivity index (χ0n) is 3.72. The van der Waals surface area contributed by atoms with E-state index in [0.717, 1.165) is 0 Å². The van der Waals surface area contributed by atoms with E-state index in [1.54, 1.807) is 0 Å². The molecule has 1 rings (SSSR count). The maximum absolute atomic E-state index is 10.2. The Balaban J connectivity index is 2.40. The van der Waals surface area contributed by atoms with E-state index in [2.05, 4.69) is 5.32 Å². The fourth-order valence-electron chi connectivity index (χ4n) is 0.519. The minimum absolute atomic E-state index is 0.0208. The first-order valence-corrected chi connectivity index (χ1v) is 2.57. The van der Waals surface area contributed by atoms with Crippen molar-refractivity contribution in [3.05, 3.63) is 0 Å². The molecule has 1 atom stereocenters. The molecule has 0 aromatic heterocycles. The van der Waals surface area contributed by atoms with Crippen LogP contribution in [0.3, 0.4) is 0 Å². The van der Waals surface area contributed by atoms with Crippen molar-refractivity contribution in [1.82, 2.24) is 5.32 Å². The quantitative estimate of drug-likeness (QED) is 0.416. The standard InChI is InChI=1S/C4H5ClNO/c5-3-1-4(7)6-2-3/h3H,1-2H2. The van der Waals surface area contributed by atoms with Crippen molar-refractivity contribution in [2.45, 2.75) is 11.8 Å². The van der Waals surface area contributed by atoms with E-state index in [-0.39, 0.29) is 11.3 Å². The van der Waals surface area contributed by atoms with Crippen LogP contribution in [0.4, 0.5) is 0 Å². The molecular weight excluding hydrogens is 114 g/mol. The number of hydrogen-bond donors (Lipinski definition) is 0. The lowest BCUT2D eigenvalue weighted by molar-refractivity contribution is -0.119. The summed E-state index contributed by atoms with van der Waals surface area (Å²) in [5, 5.41) is 3.53. The largest absolute Gasteiger partial charge is 0.273 e. The van der Waals surface area contributed by atoms with Gasteiger partial charge in [0.1, 0.15) is 0 Å². The lowest BCUT2D eigenvalue weighted by atomic mass is 10.4. The second kappa shape index (κ2) is 1.70. The summed E-state index contributed by atoms with van der Waals surface area (Å²) in [6, 6.07) is 0. The Morgan fingerprint density at radius 3 is 2.71 bits per heavy atom. The first-order valence-electron chi connectivity index (χ1n) is 2.13. The van der Waals surface area contributed by atoms with Crippen molar-refractivity contribution in [2.75, 3.05) is 6.54 Å². The zero-order valence-corrected chi connectivity index (χ0v) is 4.48. The summed E-state index contributed by atoms with van der Waals surface area (Å²) in [4.78, 5) is 10.2. The lowest BCUT2D eigenvalue weighted by Crippen LogP contribution is -2.03. The van der Waals surface area contributed by atoms with Gasteiger partial charge in [0, 0.05) is 6.42 Å². The molecule has 39 valence electrons. The Hall–Kier alpha value is -0.240. The van der Waals surface area contributed by atoms with Crippen molar-refractivity contribution in [2.24, 2.45) is 0 Å². The first-order chi connectivity index (χ1) is 3.29. The van der Waals surface area contributed by atoms with Gasteiger partial charge in [-0.1, -0.05) is 0 Å². The SMILES string of the molecule is O=C1CC(Cl)C[N]1. The second-order valence-corrected chi connectivity index (χ2v) is 2.15. The first kappa shape index (κ1) is 4.91. The van der Waals surface area contributed by atoms with E-state index < -0.39 is 0 Å². The van der Waals surface area contributed by atoms with Gasteiger partial charge < -0.3 is 0 Å². The third-order valence-corrected chi connectivity index (χ3v) is 1.15. The molecular formula is C4H5ClNO. The van der Waals surface area contributed by atoms with E-state index in [0.29, 0.717) is 13.0 Å². The van der Waals surface area contributed by atoms with Crippen LogP contribution in [0.15, 0.2) is 0 Å². The molecule has 7 heavy (non-hydrogen) atoms. The highest BCUT2D eigenvalue weighted by atomic mass is 35.5. The maximum atomic E-state index is 10.2.